The molecule has 1 aliphatic heterocycles. The maximum Gasteiger partial charge on any atom is 0.294 e. The molecule has 4 aromatic rings. The summed E-state index contributed by atoms with van der Waals surface area (Å²) >= 11 is 7.37. The molecule has 5 rings (SSSR count). The molecule has 0 radical (unpaired) electrons. The number of ether oxygens (including phenoxy) is 1. The fourth-order valence-corrected chi connectivity index (χ4v) is 5.54. The van der Waals surface area contributed by atoms with Gasteiger partial charge in [-0.05, 0) is 43.7 Å². The van der Waals surface area contributed by atoms with Crippen molar-refractivity contribution in [3.05, 3.63) is 111 Å². The van der Waals surface area contributed by atoms with Gasteiger partial charge in [-0.1, -0.05) is 60.1 Å². The second kappa shape index (κ2) is 10.2. The predicted octanol–water partition coefficient (Wildman–Crippen LogP) is 6.95. The number of aromatic nitrogens is 1. The molecule has 1 atom stereocenters. The van der Waals surface area contributed by atoms with Crippen LogP contribution in [0.15, 0.2) is 90.2 Å². The molecule has 1 aromatic heterocycles. The van der Waals surface area contributed by atoms with E-state index in [1.54, 1.807) is 55.5 Å². The Morgan fingerprint density at radius 1 is 1.08 bits per heavy atom. The van der Waals surface area contributed by atoms with Crippen LogP contribution in [0, 0.1) is 6.92 Å². The zero-order valence-corrected chi connectivity index (χ0v) is 21.7. The fourth-order valence-electron chi connectivity index (χ4n) is 4.39. The van der Waals surface area contributed by atoms with Crippen molar-refractivity contribution in [1.29, 1.82) is 0 Å². The topological polar surface area (TPSA) is 79.7 Å². The van der Waals surface area contributed by atoms with Gasteiger partial charge in [-0.25, -0.2) is 4.98 Å². The van der Waals surface area contributed by atoms with Gasteiger partial charge in [0.1, 0.15) is 10.8 Å². The van der Waals surface area contributed by atoms with E-state index < -0.39 is 23.5 Å². The number of hydrogen-bond acceptors (Lipinski definition) is 6. The fraction of sp³-hybridized carbons (Fsp3) is 0.138. The van der Waals surface area contributed by atoms with Crippen LogP contribution in [0.2, 0.25) is 5.02 Å². The number of ketones is 1. The first-order valence-corrected chi connectivity index (χ1v) is 12.9. The summed E-state index contributed by atoms with van der Waals surface area (Å²) in [5.41, 5.74) is 2.56. The Bertz CT molecular complexity index is 1510. The lowest BCUT2D eigenvalue weighted by atomic mass is 9.95. The highest BCUT2D eigenvalue weighted by Gasteiger charge is 2.45. The maximum atomic E-state index is 14.0. The van der Waals surface area contributed by atoms with Gasteiger partial charge in [0.05, 0.1) is 28.8 Å². The predicted molar refractivity (Wildman–Crippen MR) is 146 cm³/mol. The van der Waals surface area contributed by atoms with Gasteiger partial charge in [0, 0.05) is 22.3 Å². The molecule has 1 aliphatic rings. The number of carbonyl (C=O) groups excluding carboxylic acids is 2. The highest BCUT2D eigenvalue weighted by Crippen LogP contribution is 2.44. The van der Waals surface area contributed by atoms with Gasteiger partial charge in [-0.15, -0.1) is 11.3 Å². The van der Waals surface area contributed by atoms with Gasteiger partial charge in [-0.3, -0.25) is 14.5 Å². The SMILES string of the molecule is CCOc1cccc(N2C(=O)C(O)=C(C(=O)c3sc(-c4ccccc4)nc3C)C2c2ccc(Cl)cc2)c1. The van der Waals surface area contributed by atoms with Gasteiger partial charge >= 0.3 is 0 Å². The smallest absolute Gasteiger partial charge is 0.294 e. The third-order valence-electron chi connectivity index (χ3n) is 6.07. The molecule has 0 saturated carbocycles. The van der Waals surface area contributed by atoms with Crippen LogP contribution in [0.25, 0.3) is 10.6 Å². The summed E-state index contributed by atoms with van der Waals surface area (Å²) in [5.74, 6) is -1.11. The van der Waals surface area contributed by atoms with Crippen LogP contribution in [0.4, 0.5) is 5.69 Å². The Labute approximate surface area is 223 Å². The Morgan fingerprint density at radius 2 is 1.81 bits per heavy atom. The highest BCUT2D eigenvalue weighted by molar-refractivity contribution is 7.17. The Kier molecular flexibility index (Phi) is 6.82. The number of halogens is 1. The number of hydrogen-bond donors (Lipinski definition) is 1. The summed E-state index contributed by atoms with van der Waals surface area (Å²) in [5, 5.41) is 12.3. The lowest BCUT2D eigenvalue weighted by molar-refractivity contribution is -0.117. The third kappa shape index (κ3) is 4.63. The van der Waals surface area contributed by atoms with Gasteiger partial charge < -0.3 is 9.84 Å². The van der Waals surface area contributed by atoms with E-state index in [0.29, 0.717) is 44.2 Å². The van der Waals surface area contributed by atoms with Crippen LogP contribution in [-0.2, 0) is 4.79 Å². The number of carbonyl (C=O) groups is 2. The van der Waals surface area contributed by atoms with Crippen molar-refractivity contribution < 1.29 is 19.4 Å². The van der Waals surface area contributed by atoms with Crippen molar-refractivity contribution in [3.63, 3.8) is 0 Å². The highest BCUT2D eigenvalue weighted by atomic mass is 35.5. The molecule has 37 heavy (non-hydrogen) atoms. The van der Waals surface area contributed by atoms with Crippen molar-refractivity contribution in [2.75, 3.05) is 11.5 Å². The number of rotatable bonds is 7. The molecule has 186 valence electrons. The van der Waals surface area contributed by atoms with Crippen LogP contribution in [0.1, 0.15) is 33.9 Å². The minimum Gasteiger partial charge on any atom is -0.503 e. The summed E-state index contributed by atoms with van der Waals surface area (Å²) < 4.78 is 5.62. The molecular formula is C29H23ClN2O4S. The molecule has 8 heteroatoms. The van der Waals surface area contributed by atoms with E-state index in [2.05, 4.69) is 4.98 Å². The average Bonchev–Trinajstić information content (AvgIpc) is 3.42. The Hall–Kier alpha value is -3.94. The van der Waals surface area contributed by atoms with Crippen molar-refractivity contribution >= 4 is 40.3 Å². The minimum atomic E-state index is -0.865. The van der Waals surface area contributed by atoms with Gasteiger partial charge in [0.15, 0.2) is 5.76 Å². The van der Waals surface area contributed by atoms with E-state index in [9.17, 15) is 14.7 Å². The number of aryl methyl sites for hydroxylation is 1. The van der Waals surface area contributed by atoms with Crippen LogP contribution in [0.3, 0.4) is 0 Å². The monoisotopic (exact) mass is 530 g/mol. The lowest BCUT2D eigenvalue weighted by Crippen LogP contribution is -2.31. The molecule has 1 unspecified atom stereocenters. The minimum absolute atomic E-state index is 0.000460. The van der Waals surface area contributed by atoms with Gasteiger partial charge in [0.2, 0.25) is 5.78 Å². The molecule has 3 aromatic carbocycles. The van der Waals surface area contributed by atoms with Crippen molar-refractivity contribution in [1.82, 2.24) is 4.98 Å². The molecule has 1 N–H and O–H groups in total. The van der Waals surface area contributed by atoms with E-state index in [4.69, 9.17) is 16.3 Å². The quantitative estimate of drug-likeness (QED) is 0.261. The molecule has 1 amide bonds. The maximum absolute atomic E-state index is 14.0. The molecule has 2 heterocycles. The van der Waals surface area contributed by atoms with Crippen LogP contribution in [0.5, 0.6) is 5.75 Å². The van der Waals surface area contributed by atoms with Crippen molar-refractivity contribution in [2.24, 2.45) is 0 Å². The first-order valence-electron chi connectivity index (χ1n) is 11.7. The molecule has 0 spiro atoms. The Balaban J connectivity index is 1.62. The summed E-state index contributed by atoms with van der Waals surface area (Å²) in [6.45, 7) is 4.08. The van der Waals surface area contributed by atoms with E-state index in [-0.39, 0.29) is 5.57 Å². The number of aliphatic hydroxyl groups is 1. The second-order valence-electron chi connectivity index (χ2n) is 8.45. The van der Waals surface area contributed by atoms with Crippen molar-refractivity contribution in [3.8, 4) is 16.3 Å². The molecular weight excluding hydrogens is 508 g/mol. The molecule has 0 aliphatic carbocycles. The Morgan fingerprint density at radius 3 is 2.51 bits per heavy atom. The number of amides is 1. The van der Waals surface area contributed by atoms with Gasteiger partial charge in [-0.2, -0.15) is 0 Å². The summed E-state index contributed by atoms with van der Waals surface area (Å²) in [6, 6.07) is 22.6. The van der Waals surface area contributed by atoms with Crippen LogP contribution in [-0.4, -0.2) is 28.4 Å². The molecule has 6 nitrogen and oxygen atoms in total. The number of anilines is 1. The normalized spacial score (nSPS) is 15.4. The largest absolute Gasteiger partial charge is 0.503 e. The van der Waals surface area contributed by atoms with Gasteiger partial charge in [0.25, 0.3) is 5.91 Å². The van der Waals surface area contributed by atoms with E-state index >= 15 is 0 Å². The number of benzene rings is 3. The number of thiazole rings is 1. The summed E-state index contributed by atoms with van der Waals surface area (Å²) in [7, 11) is 0. The molecule has 0 saturated heterocycles. The first-order chi connectivity index (χ1) is 17.9. The second-order valence-corrected chi connectivity index (χ2v) is 9.89. The third-order valence-corrected chi connectivity index (χ3v) is 7.53. The van der Waals surface area contributed by atoms with Crippen molar-refractivity contribution in [2.45, 2.75) is 19.9 Å². The molecule has 0 fully saturated rings. The first kappa shape index (κ1) is 24.7. The average molecular weight is 531 g/mol. The molecule has 0 bridgehead atoms. The number of aliphatic hydroxyl groups excluding tert-OH is 1. The zero-order valence-electron chi connectivity index (χ0n) is 20.1. The lowest BCUT2D eigenvalue weighted by Gasteiger charge is -2.27. The van der Waals surface area contributed by atoms with Crippen LogP contribution < -0.4 is 9.64 Å². The summed E-state index contributed by atoms with van der Waals surface area (Å²) in [4.78, 5) is 33.8. The van der Waals surface area contributed by atoms with E-state index in [1.165, 1.54) is 16.2 Å². The van der Waals surface area contributed by atoms with Crippen LogP contribution >= 0.6 is 22.9 Å². The summed E-state index contributed by atoms with van der Waals surface area (Å²) in [6.07, 6.45) is 0. The number of Topliss-reactive ketones (excluding diaryl/α,β-unsaturated/α-hetero) is 1. The standard InChI is InChI=1S/C29H23ClN2O4S/c1-3-36-22-11-7-10-21(16-22)32-24(18-12-14-20(30)15-13-18)23(26(34)29(32)35)25(33)27-17(2)31-28(37-27)19-8-5-4-6-9-19/h4-16,24,34H,3H2,1-2H3. The van der Waals surface area contributed by atoms with E-state index in [1.807, 2.05) is 37.3 Å². The zero-order chi connectivity index (χ0) is 26.1. The van der Waals surface area contributed by atoms with E-state index in [0.717, 1.165) is 5.56 Å². The number of nitrogens with zero attached hydrogens (tertiary/aromatic N) is 2.